The Morgan fingerprint density at radius 3 is 1.45 bits per heavy atom. The van der Waals surface area contributed by atoms with Crippen LogP contribution in [0.5, 0.6) is 0 Å². The minimum atomic E-state index is 0. The Labute approximate surface area is 198 Å². The van der Waals surface area contributed by atoms with Crippen molar-refractivity contribution in [2.45, 2.75) is 123 Å². The van der Waals surface area contributed by atoms with Gasteiger partial charge in [0.15, 0.2) is 0 Å². The largest absolute Gasteiger partial charge is 0.381 e. The van der Waals surface area contributed by atoms with Crippen molar-refractivity contribution in [2.75, 3.05) is 7.11 Å². The third-order valence-electron chi connectivity index (χ3n) is 3.44. The fraction of sp³-hybridized carbons (Fsp3) is 0.759. The molecule has 0 amide bonds. The molecule has 0 aromatic heterocycles. The normalized spacial score (nSPS) is 12.9. The summed E-state index contributed by atoms with van der Waals surface area (Å²) in [6.45, 7) is 25.4. The number of Topliss-reactive ketones (excluding diaryl/α,β-unsaturated/α-hetero) is 1. The van der Waals surface area contributed by atoms with E-state index in [0.717, 1.165) is 12.8 Å². The van der Waals surface area contributed by atoms with E-state index in [4.69, 9.17) is 4.74 Å². The molecule has 0 saturated carbocycles. The lowest BCUT2D eigenvalue weighted by Gasteiger charge is -2.12. The summed E-state index contributed by atoms with van der Waals surface area (Å²) in [7, 11) is 1.75. The van der Waals surface area contributed by atoms with Gasteiger partial charge in [0.1, 0.15) is 5.78 Å². The van der Waals surface area contributed by atoms with Gasteiger partial charge in [-0.2, -0.15) is 0 Å². The molecule has 0 fully saturated rings. The molecule has 0 heterocycles. The number of hydrogen-bond acceptors (Lipinski definition) is 2. The predicted octanol–water partition coefficient (Wildman–Crippen LogP) is 9.85. The van der Waals surface area contributed by atoms with Crippen molar-refractivity contribution in [1.82, 2.24) is 0 Å². The molecule has 0 saturated heterocycles. The van der Waals surface area contributed by atoms with E-state index < -0.39 is 0 Å². The lowest BCUT2D eigenvalue weighted by atomic mass is 9.96. The van der Waals surface area contributed by atoms with Crippen molar-refractivity contribution in [3.05, 3.63) is 36.5 Å². The van der Waals surface area contributed by atoms with E-state index in [9.17, 15) is 4.79 Å². The molecule has 31 heavy (non-hydrogen) atoms. The number of carbonyl (C=O) groups excluding carboxylic acids is 1. The van der Waals surface area contributed by atoms with Crippen LogP contribution in [0.3, 0.4) is 0 Å². The van der Waals surface area contributed by atoms with Gasteiger partial charge in [-0.3, -0.25) is 0 Å². The number of allylic oxidation sites excluding steroid dienone is 5. The van der Waals surface area contributed by atoms with E-state index >= 15 is 0 Å². The van der Waals surface area contributed by atoms with E-state index in [1.54, 1.807) is 14.0 Å². The van der Waals surface area contributed by atoms with Crippen molar-refractivity contribution in [3.8, 4) is 0 Å². The molecule has 0 radical (unpaired) electrons. The van der Waals surface area contributed by atoms with Gasteiger partial charge in [0.2, 0.25) is 0 Å². The maximum absolute atomic E-state index is 10.5. The number of hydrogen-bond donors (Lipinski definition) is 0. The summed E-state index contributed by atoms with van der Waals surface area (Å²) in [4.78, 5) is 10.5. The van der Waals surface area contributed by atoms with Gasteiger partial charge in [0.25, 0.3) is 0 Å². The Morgan fingerprint density at radius 1 is 0.806 bits per heavy atom. The third kappa shape index (κ3) is 52.8. The van der Waals surface area contributed by atoms with Crippen LogP contribution in [0, 0.1) is 16.2 Å². The van der Waals surface area contributed by atoms with E-state index in [0.29, 0.717) is 23.4 Å². The SMILES string of the molecule is C.C.C/C=C/C(C)(C)C.CC(=O)CC/C=C/C(C)(C)C.COC(C)C/C=C/C(C)(C)C. The van der Waals surface area contributed by atoms with E-state index in [-0.39, 0.29) is 26.1 Å². The van der Waals surface area contributed by atoms with Gasteiger partial charge in [0, 0.05) is 13.5 Å². The maximum atomic E-state index is 10.5. The summed E-state index contributed by atoms with van der Waals surface area (Å²) in [5.41, 5.74) is 0.916. The van der Waals surface area contributed by atoms with Gasteiger partial charge in [-0.25, -0.2) is 0 Å². The smallest absolute Gasteiger partial charge is 0.130 e. The van der Waals surface area contributed by atoms with Gasteiger partial charge < -0.3 is 9.53 Å². The molecule has 2 nitrogen and oxygen atoms in total. The molecular formula is C29H60O2. The molecule has 188 valence electrons. The Kier molecular flexibility index (Phi) is 26.9. The van der Waals surface area contributed by atoms with Crippen LogP contribution in [0.1, 0.15) is 117 Å². The average Bonchev–Trinajstić information content (AvgIpc) is 2.49. The summed E-state index contributed by atoms with van der Waals surface area (Å²) in [5, 5.41) is 0. The van der Waals surface area contributed by atoms with Crippen LogP contribution in [0.2, 0.25) is 0 Å². The highest BCUT2D eigenvalue weighted by molar-refractivity contribution is 5.75. The molecule has 0 aliphatic heterocycles. The number of methoxy groups -OCH3 is 1. The zero-order valence-electron chi connectivity index (χ0n) is 22.0. The Morgan fingerprint density at radius 2 is 1.19 bits per heavy atom. The van der Waals surface area contributed by atoms with Crippen LogP contribution in [0.25, 0.3) is 0 Å². The lowest BCUT2D eigenvalue weighted by molar-refractivity contribution is -0.116. The van der Waals surface area contributed by atoms with Crippen LogP contribution in [0.15, 0.2) is 36.5 Å². The first kappa shape index (κ1) is 40.2. The molecule has 0 aromatic rings. The van der Waals surface area contributed by atoms with Gasteiger partial charge in [0.05, 0.1) is 6.10 Å². The molecule has 0 spiro atoms. The van der Waals surface area contributed by atoms with Crippen molar-refractivity contribution < 1.29 is 9.53 Å². The van der Waals surface area contributed by atoms with Crippen molar-refractivity contribution in [2.24, 2.45) is 16.2 Å². The molecule has 0 bridgehead atoms. The summed E-state index contributed by atoms with van der Waals surface area (Å²) >= 11 is 0. The standard InChI is InChI=1S/C10H20O.C10H18O.C7H14.2CH4/c1-9(11-5)7-6-8-10(2,3)4;1-9(11)7-5-6-8-10(2,3)4;1-5-6-7(2,3)4;;/h6,8-9H,7H2,1-5H3;6,8H,5,7H2,1-4H3;5-6H,1-4H3;2*1H4/b2*8-6+;6-5+;;. The van der Waals surface area contributed by atoms with Crippen molar-refractivity contribution >= 4 is 5.78 Å². The molecule has 0 N–H and O–H groups in total. The number of rotatable bonds is 6. The van der Waals surface area contributed by atoms with Gasteiger partial charge in [-0.15, -0.1) is 0 Å². The van der Waals surface area contributed by atoms with Crippen LogP contribution in [-0.2, 0) is 9.53 Å². The van der Waals surface area contributed by atoms with Gasteiger partial charge in [-0.1, -0.05) is 114 Å². The second-order valence-corrected chi connectivity index (χ2v) is 10.9. The summed E-state index contributed by atoms with van der Waals surface area (Å²) < 4.78 is 5.11. The minimum absolute atomic E-state index is 0. The van der Waals surface area contributed by atoms with Crippen molar-refractivity contribution in [1.29, 1.82) is 0 Å². The molecule has 1 atom stereocenters. The molecule has 0 aliphatic rings. The molecule has 1 unspecified atom stereocenters. The quantitative estimate of drug-likeness (QED) is 0.384. The first-order chi connectivity index (χ1) is 12.9. The van der Waals surface area contributed by atoms with E-state index in [1.807, 2.05) is 6.92 Å². The maximum Gasteiger partial charge on any atom is 0.130 e. The fourth-order valence-corrected chi connectivity index (χ4v) is 1.93. The van der Waals surface area contributed by atoms with Gasteiger partial charge >= 0.3 is 0 Å². The summed E-state index contributed by atoms with van der Waals surface area (Å²) in [6, 6.07) is 0. The molecular weight excluding hydrogens is 380 g/mol. The highest BCUT2D eigenvalue weighted by Gasteiger charge is 2.04. The molecule has 0 rings (SSSR count). The molecule has 2 heteroatoms. The zero-order chi connectivity index (χ0) is 23.7. The molecule has 0 aliphatic carbocycles. The number of carbonyl (C=O) groups is 1. The predicted molar refractivity (Wildman–Crippen MR) is 146 cm³/mol. The summed E-state index contributed by atoms with van der Waals surface area (Å²) in [6.07, 6.45) is 15.8. The van der Waals surface area contributed by atoms with Crippen LogP contribution in [0.4, 0.5) is 0 Å². The number of ketones is 1. The highest BCUT2D eigenvalue weighted by atomic mass is 16.5. The van der Waals surface area contributed by atoms with Crippen LogP contribution >= 0.6 is 0 Å². The first-order valence-corrected chi connectivity index (χ1v) is 10.9. The van der Waals surface area contributed by atoms with Crippen molar-refractivity contribution in [3.63, 3.8) is 0 Å². The van der Waals surface area contributed by atoms with Crippen LogP contribution < -0.4 is 0 Å². The highest BCUT2D eigenvalue weighted by Crippen LogP contribution is 2.16. The topological polar surface area (TPSA) is 26.3 Å². The Balaban J connectivity index is -0.000000108. The second kappa shape index (κ2) is 20.7. The lowest BCUT2D eigenvalue weighted by Crippen LogP contribution is -2.04. The minimum Gasteiger partial charge on any atom is -0.381 e. The van der Waals surface area contributed by atoms with E-state index in [2.05, 4.69) is 106 Å². The second-order valence-electron chi connectivity index (χ2n) is 10.9. The summed E-state index contributed by atoms with van der Waals surface area (Å²) in [5.74, 6) is 0.267. The van der Waals surface area contributed by atoms with Crippen LogP contribution in [-0.4, -0.2) is 19.0 Å². The van der Waals surface area contributed by atoms with E-state index in [1.165, 1.54) is 0 Å². The zero-order valence-corrected chi connectivity index (χ0v) is 22.0. The first-order valence-electron chi connectivity index (χ1n) is 10.9. The molecule has 0 aromatic carbocycles. The number of ether oxygens (including phenoxy) is 1. The third-order valence-corrected chi connectivity index (χ3v) is 3.44. The van der Waals surface area contributed by atoms with Gasteiger partial charge in [-0.05, 0) is 49.9 Å². The Hall–Kier alpha value is -1.15. The Bertz CT molecular complexity index is 474. The monoisotopic (exact) mass is 440 g/mol. The average molecular weight is 441 g/mol. The fourth-order valence-electron chi connectivity index (χ4n) is 1.93.